The van der Waals surface area contributed by atoms with Crippen LogP contribution >= 0.6 is 0 Å². The van der Waals surface area contributed by atoms with Crippen molar-refractivity contribution in [2.24, 2.45) is 0 Å². The Morgan fingerprint density at radius 2 is 2.22 bits per heavy atom. The summed E-state index contributed by atoms with van der Waals surface area (Å²) in [4.78, 5) is 16.4. The molecule has 0 bridgehead atoms. The lowest BCUT2D eigenvalue weighted by molar-refractivity contribution is 0.624. The van der Waals surface area contributed by atoms with Gasteiger partial charge in [-0.05, 0) is 19.1 Å². The number of aryl methyl sites for hydroxylation is 1. The van der Waals surface area contributed by atoms with Crippen molar-refractivity contribution >= 4 is 11.0 Å². The number of rotatable bonds is 4. The zero-order valence-corrected chi connectivity index (χ0v) is 10.3. The van der Waals surface area contributed by atoms with Crippen molar-refractivity contribution in [3.8, 4) is 12.3 Å². The number of terminal acetylenes is 1. The average Bonchev–Trinajstić information content (AvgIpc) is 2.38. The monoisotopic (exact) mass is 241 g/mol. The van der Waals surface area contributed by atoms with Gasteiger partial charge in [-0.2, -0.15) is 0 Å². The number of fused-ring (bicyclic) bond motifs is 1. The number of aromatic nitrogens is 2. The smallest absolute Gasteiger partial charge is 0.272 e. The Morgan fingerprint density at radius 3 is 3.00 bits per heavy atom. The van der Waals surface area contributed by atoms with E-state index in [-0.39, 0.29) is 5.56 Å². The second-order valence-electron chi connectivity index (χ2n) is 4.02. The second-order valence-corrected chi connectivity index (χ2v) is 4.02. The summed E-state index contributed by atoms with van der Waals surface area (Å²) in [6.07, 6.45) is 5.16. The fourth-order valence-corrected chi connectivity index (χ4v) is 1.89. The zero-order valence-electron chi connectivity index (χ0n) is 10.3. The van der Waals surface area contributed by atoms with Gasteiger partial charge in [0.25, 0.3) is 5.56 Å². The molecule has 2 aromatic rings. The molecular weight excluding hydrogens is 226 g/mol. The van der Waals surface area contributed by atoms with E-state index in [1.165, 1.54) is 0 Å². The molecule has 1 N–H and O–H groups in total. The Bertz CT molecular complexity index is 652. The maximum Gasteiger partial charge on any atom is 0.272 e. The number of benzene rings is 1. The highest BCUT2D eigenvalue weighted by Crippen LogP contribution is 2.09. The van der Waals surface area contributed by atoms with E-state index in [1.54, 1.807) is 11.5 Å². The van der Waals surface area contributed by atoms with Crippen LogP contribution in [-0.4, -0.2) is 22.6 Å². The summed E-state index contributed by atoms with van der Waals surface area (Å²) in [5, 5.41) is 3.08. The minimum Gasteiger partial charge on any atom is -0.304 e. The van der Waals surface area contributed by atoms with Crippen molar-refractivity contribution in [3.05, 3.63) is 40.3 Å². The van der Waals surface area contributed by atoms with Gasteiger partial charge in [-0.3, -0.25) is 4.79 Å². The van der Waals surface area contributed by atoms with Crippen LogP contribution in [0.2, 0.25) is 0 Å². The van der Waals surface area contributed by atoms with Crippen molar-refractivity contribution in [2.45, 2.75) is 13.5 Å². The van der Waals surface area contributed by atoms with Crippen LogP contribution in [0, 0.1) is 19.3 Å². The van der Waals surface area contributed by atoms with Gasteiger partial charge in [-0.15, -0.1) is 6.42 Å². The lowest BCUT2D eigenvalue weighted by Crippen LogP contribution is -2.29. The molecule has 1 aromatic heterocycles. The largest absolute Gasteiger partial charge is 0.304 e. The molecule has 1 aromatic carbocycles. The third kappa shape index (κ3) is 2.41. The van der Waals surface area contributed by atoms with E-state index in [1.807, 2.05) is 24.3 Å². The van der Waals surface area contributed by atoms with Gasteiger partial charge < -0.3 is 9.88 Å². The van der Waals surface area contributed by atoms with E-state index >= 15 is 0 Å². The molecule has 0 spiro atoms. The van der Waals surface area contributed by atoms with E-state index in [4.69, 9.17) is 6.42 Å². The molecule has 92 valence electrons. The van der Waals surface area contributed by atoms with Gasteiger partial charge in [-0.1, -0.05) is 18.1 Å². The van der Waals surface area contributed by atoms with E-state index in [2.05, 4.69) is 16.2 Å². The van der Waals surface area contributed by atoms with Crippen LogP contribution < -0.4 is 10.9 Å². The predicted octanol–water partition coefficient (Wildman–Crippen LogP) is 0.928. The average molecular weight is 241 g/mol. The minimum absolute atomic E-state index is 0.0452. The van der Waals surface area contributed by atoms with Gasteiger partial charge in [-0.25, -0.2) is 4.98 Å². The summed E-state index contributed by atoms with van der Waals surface area (Å²) < 4.78 is 1.74. The summed E-state index contributed by atoms with van der Waals surface area (Å²) in [6, 6.07) is 7.64. The fraction of sp³-hybridized carbons (Fsp3) is 0.286. The minimum atomic E-state index is -0.0452. The lowest BCUT2D eigenvalue weighted by Gasteiger charge is -2.10. The van der Waals surface area contributed by atoms with Crippen LogP contribution in [0.25, 0.3) is 11.0 Å². The Morgan fingerprint density at radius 1 is 1.44 bits per heavy atom. The molecule has 2 rings (SSSR count). The molecule has 0 fully saturated rings. The molecule has 0 atom stereocenters. The molecule has 4 heteroatoms. The Labute approximate surface area is 106 Å². The molecule has 0 saturated carbocycles. The molecule has 0 amide bonds. The normalized spacial score (nSPS) is 10.4. The highest BCUT2D eigenvalue weighted by molar-refractivity contribution is 5.74. The number of para-hydroxylation sites is 2. The lowest BCUT2D eigenvalue weighted by atomic mass is 10.2. The van der Waals surface area contributed by atoms with Crippen molar-refractivity contribution in [1.29, 1.82) is 0 Å². The molecule has 0 unspecified atom stereocenters. The number of nitrogens with one attached hydrogen (secondary N) is 1. The van der Waals surface area contributed by atoms with E-state index in [0.29, 0.717) is 25.3 Å². The highest BCUT2D eigenvalue weighted by Gasteiger charge is 2.06. The number of nitrogens with zero attached hydrogens (tertiary/aromatic N) is 2. The van der Waals surface area contributed by atoms with Crippen LogP contribution in [0.1, 0.15) is 5.69 Å². The van der Waals surface area contributed by atoms with Gasteiger partial charge in [0.1, 0.15) is 5.69 Å². The molecule has 1 heterocycles. The Balaban J connectivity index is 2.38. The van der Waals surface area contributed by atoms with Crippen molar-refractivity contribution in [3.63, 3.8) is 0 Å². The number of hydrogen-bond donors (Lipinski definition) is 1. The molecule has 0 aliphatic rings. The second kappa shape index (κ2) is 5.48. The quantitative estimate of drug-likeness (QED) is 0.640. The first-order chi connectivity index (χ1) is 8.74. The maximum absolute atomic E-state index is 12.1. The molecule has 0 radical (unpaired) electrons. The third-order valence-electron chi connectivity index (χ3n) is 2.75. The Hall–Kier alpha value is -2.12. The van der Waals surface area contributed by atoms with Crippen molar-refractivity contribution < 1.29 is 0 Å². The summed E-state index contributed by atoms with van der Waals surface area (Å²) >= 11 is 0. The topological polar surface area (TPSA) is 46.9 Å². The van der Waals surface area contributed by atoms with Crippen LogP contribution in [0.15, 0.2) is 29.1 Å². The zero-order chi connectivity index (χ0) is 13.0. The molecule has 0 aliphatic carbocycles. The van der Waals surface area contributed by atoms with Gasteiger partial charge in [0.2, 0.25) is 0 Å². The summed E-state index contributed by atoms with van der Waals surface area (Å²) in [6.45, 7) is 3.50. The molecule has 0 aliphatic heterocycles. The van der Waals surface area contributed by atoms with E-state index in [0.717, 1.165) is 11.0 Å². The first-order valence-corrected chi connectivity index (χ1v) is 5.84. The van der Waals surface area contributed by atoms with E-state index in [9.17, 15) is 4.79 Å². The SMILES string of the molecule is C#CCNCCn1c(=O)c(C)nc2ccccc21. The van der Waals surface area contributed by atoms with Gasteiger partial charge in [0, 0.05) is 13.1 Å². The Kier molecular flexibility index (Phi) is 3.75. The summed E-state index contributed by atoms with van der Waals surface area (Å²) in [7, 11) is 0. The molecule has 18 heavy (non-hydrogen) atoms. The molecular formula is C14H15N3O. The number of hydrogen-bond acceptors (Lipinski definition) is 3. The third-order valence-corrected chi connectivity index (χ3v) is 2.75. The predicted molar refractivity (Wildman–Crippen MR) is 72.4 cm³/mol. The van der Waals surface area contributed by atoms with Gasteiger partial charge >= 0.3 is 0 Å². The van der Waals surface area contributed by atoms with Crippen LogP contribution in [0.5, 0.6) is 0 Å². The van der Waals surface area contributed by atoms with Crippen molar-refractivity contribution in [1.82, 2.24) is 14.9 Å². The fourth-order valence-electron chi connectivity index (χ4n) is 1.89. The van der Waals surface area contributed by atoms with Crippen LogP contribution in [-0.2, 0) is 6.54 Å². The van der Waals surface area contributed by atoms with Crippen LogP contribution in [0.3, 0.4) is 0 Å². The highest BCUT2D eigenvalue weighted by atomic mass is 16.1. The van der Waals surface area contributed by atoms with E-state index < -0.39 is 0 Å². The molecule has 4 nitrogen and oxygen atoms in total. The summed E-state index contributed by atoms with van der Waals surface area (Å²) in [5.41, 5.74) is 2.17. The first-order valence-electron chi connectivity index (χ1n) is 5.84. The van der Waals surface area contributed by atoms with Gasteiger partial charge in [0.15, 0.2) is 0 Å². The standard InChI is InChI=1S/C14H15N3O/c1-3-8-15-9-10-17-13-7-5-4-6-12(13)16-11(2)14(17)18/h1,4-7,15H,8-10H2,2H3. The van der Waals surface area contributed by atoms with Crippen LogP contribution in [0.4, 0.5) is 0 Å². The molecule has 0 saturated heterocycles. The summed E-state index contributed by atoms with van der Waals surface area (Å²) in [5.74, 6) is 2.51. The van der Waals surface area contributed by atoms with Gasteiger partial charge in [0.05, 0.1) is 17.6 Å². The van der Waals surface area contributed by atoms with Crippen molar-refractivity contribution in [2.75, 3.05) is 13.1 Å². The first kappa shape index (κ1) is 12.3. The maximum atomic E-state index is 12.1.